The zero-order chi connectivity index (χ0) is 17.5. The molecule has 3 nitrogen and oxygen atoms in total. The molecular formula is C20H29Cl3N2O. The van der Waals surface area contributed by atoms with Crippen molar-refractivity contribution in [3.05, 3.63) is 64.7 Å². The van der Waals surface area contributed by atoms with E-state index >= 15 is 0 Å². The number of rotatable bonds is 8. The molecule has 1 atom stereocenters. The van der Waals surface area contributed by atoms with Crippen LogP contribution in [-0.2, 0) is 13.1 Å². The fourth-order valence-electron chi connectivity index (χ4n) is 2.76. The van der Waals surface area contributed by atoms with Crippen LogP contribution in [0.1, 0.15) is 24.5 Å². The van der Waals surface area contributed by atoms with Crippen LogP contribution in [0.3, 0.4) is 0 Å². The van der Waals surface area contributed by atoms with E-state index in [-0.39, 0.29) is 31.0 Å². The summed E-state index contributed by atoms with van der Waals surface area (Å²) in [6.07, 6.45) is 0.912. The summed E-state index contributed by atoms with van der Waals surface area (Å²) in [7, 11) is 6.18. The van der Waals surface area contributed by atoms with Crippen molar-refractivity contribution >= 4 is 36.4 Å². The molecule has 6 heteroatoms. The normalized spacial score (nSPS) is 11.7. The van der Waals surface area contributed by atoms with E-state index in [0.29, 0.717) is 5.02 Å². The second-order valence-electron chi connectivity index (χ2n) is 6.41. The van der Waals surface area contributed by atoms with Crippen LogP contribution < -0.4 is 4.74 Å². The minimum atomic E-state index is 0. The summed E-state index contributed by atoms with van der Waals surface area (Å²) in [5.41, 5.74) is 2.43. The Balaban J connectivity index is 0.00000312. The fourth-order valence-corrected chi connectivity index (χ4v) is 3.01. The first-order valence-corrected chi connectivity index (χ1v) is 8.70. The number of benzene rings is 2. The first-order chi connectivity index (χ1) is 11.5. The Morgan fingerprint density at radius 3 is 2.15 bits per heavy atom. The molecule has 0 aliphatic carbocycles. The van der Waals surface area contributed by atoms with Crippen LogP contribution in [0.15, 0.2) is 48.5 Å². The topological polar surface area (TPSA) is 15.7 Å². The van der Waals surface area contributed by atoms with Gasteiger partial charge in [0.25, 0.3) is 0 Å². The molecule has 0 heterocycles. The molecular weight excluding hydrogens is 391 g/mol. The lowest BCUT2D eigenvalue weighted by Gasteiger charge is -2.28. The molecule has 0 N–H and O–H groups in total. The van der Waals surface area contributed by atoms with Gasteiger partial charge in [-0.25, -0.2) is 0 Å². The number of ether oxygens (including phenoxy) is 1. The Labute approximate surface area is 175 Å². The molecule has 2 aromatic rings. The van der Waals surface area contributed by atoms with Gasteiger partial charge in [-0.3, -0.25) is 4.90 Å². The monoisotopic (exact) mass is 418 g/mol. The highest BCUT2D eigenvalue weighted by molar-refractivity contribution is 6.30. The van der Waals surface area contributed by atoms with E-state index in [1.165, 1.54) is 5.56 Å². The number of hydrogen-bond acceptors (Lipinski definition) is 3. The molecule has 0 aliphatic heterocycles. The van der Waals surface area contributed by atoms with E-state index in [0.717, 1.165) is 30.8 Å². The summed E-state index contributed by atoms with van der Waals surface area (Å²) in [5, 5.41) is 0.713. The van der Waals surface area contributed by atoms with Crippen LogP contribution in [0.2, 0.25) is 5.02 Å². The molecule has 1 unspecified atom stereocenters. The molecule has 2 aromatic carbocycles. The van der Waals surface area contributed by atoms with Crippen LogP contribution in [0.5, 0.6) is 5.75 Å². The predicted octanol–water partition coefficient (Wildman–Crippen LogP) is 5.49. The van der Waals surface area contributed by atoms with Gasteiger partial charge in [-0.2, -0.15) is 0 Å². The zero-order valence-electron chi connectivity index (χ0n) is 15.8. The number of halogens is 3. The van der Waals surface area contributed by atoms with Crippen LogP contribution in [0.25, 0.3) is 0 Å². The van der Waals surface area contributed by atoms with Crippen molar-refractivity contribution in [2.45, 2.75) is 32.7 Å². The zero-order valence-corrected chi connectivity index (χ0v) is 18.2. The van der Waals surface area contributed by atoms with Gasteiger partial charge in [-0.05, 0) is 56.9 Å². The van der Waals surface area contributed by atoms with Gasteiger partial charge in [-0.1, -0.05) is 48.9 Å². The third kappa shape index (κ3) is 8.15. The molecule has 0 amide bonds. The van der Waals surface area contributed by atoms with Crippen molar-refractivity contribution in [3.8, 4) is 5.75 Å². The Hall–Kier alpha value is -0.970. The van der Waals surface area contributed by atoms with Crippen molar-refractivity contribution in [2.75, 3.05) is 21.1 Å². The maximum Gasteiger partial charge on any atom is 0.152 e. The van der Waals surface area contributed by atoms with Crippen LogP contribution in [0.4, 0.5) is 0 Å². The standard InChI is InChI=1S/C20H27ClN2O.2ClH/c1-5-20(23(4)15-16-9-7-6-8-10-16)24-19-12-17(14-22(2)3)11-18(21)13-19;;/h6-13,20H,5,14-15H2,1-4H3;2*1H. The van der Waals surface area contributed by atoms with Gasteiger partial charge < -0.3 is 9.64 Å². The van der Waals surface area contributed by atoms with E-state index in [9.17, 15) is 0 Å². The van der Waals surface area contributed by atoms with E-state index in [2.05, 4.69) is 54.1 Å². The first-order valence-electron chi connectivity index (χ1n) is 8.33. The molecule has 0 fully saturated rings. The smallest absolute Gasteiger partial charge is 0.152 e. The van der Waals surface area contributed by atoms with Crippen LogP contribution in [-0.4, -0.2) is 37.2 Å². The molecule has 0 saturated heterocycles. The maximum atomic E-state index is 6.26. The molecule has 2 rings (SSSR count). The summed E-state index contributed by atoms with van der Waals surface area (Å²) >= 11 is 6.26. The van der Waals surface area contributed by atoms with E-state index in [4.69, 9.17) is 16.3 Å². The number of hydrogen-bond donors (Lipinski definition) is 0. The average molecular weight is 420 g/mol. The lowest BCUT2D eigenvalue weighted by molar-refractivity contribution is 0.0362. The van der Waals surface area contributed by atoms with Gasteiger partial charge in [0.2, 0.25) is 0 Å². The SMILES string of the molecule is CCC(Oc1cc(Cl)cc(CN(C)C)c1)N(C)Cc1ccccc1.Cl.Cl. The molecule has 0 radical (unpaired) electrons. The fraction of sp³-hybridized carbons (Fsp3) is 0.400. The third-order valence-corrected chi connectivity index (χ3v) is 4.04. The molecule has 0 saturated carbocycles. The minimum absolute atomic E-state index is 0. The highest BCUT2D eigenvalue weighted by atomic mass is 35.5. The van der Waals surface area contributed by atoms with Gasteiger partial charge in [0.05, 0.1) is 0 Å². The van der Waals surface area contributed by atoms with E-state index < -0.39 is 0 Å². The van der Waals surface area contributed by atoms with Gasteiger partial charge in [0, 0.05) is 18.1 Å². The average Bonchev–Trinajstić information content (AvgIpc) is 2.52. The third-order valence-electron chi connectivity index (χ3n) is 3.82. The second-order valence-corrected chi connectivity index (χ2v) is 6.85. The Morgan fingerprint density at radius 2 is 1.58 bits per heavy atom. The van der Waals surface area contributed by atoms with Gasteiger partial charge in [0.15, 0.2) is 6.23 Å². The minimum Gasteiger partial charge on any atom is -0.475 e. The lowest BCUT2D eigenvalue weighted by Crippen LogP contribution is -2.35. The van der Waals surface area contributed by atoms with Crippen LogP contribution >= 0.6 is 36.4 Å². The predicted molar refractivity (Wildman–Crippen MR) is 116 cm³/mol. The van der Waals surface area contributed by atoms with Gasteiger partial charge in [-0.15, -0.1) is 24.8 Å². The van der Waals surface area contributed by atoms with E-state index in [1.54, 1.807) is 0 Å². The van der Waals surface area contributed by atoms with Crippen LogP contribution in [0, 0.1) is 0 Å². The largest absolute Gasteiger partial charge is 0.475 e. The Bertz CT molecular complexity index is 638. The van der Waals surface area contributed by atoms with Crippen molar-refractivity contribution in [2.24, 2.45) is 0 Å². The van der Waals surface area contributed by atoms with E-state index in [1.807, 2.05) is 32.3 Å². The molecule has 0 bridgehead atoms. The van der Waals surface area contributed by atoms with Gasteiger partial charge >= 0.3 is 0 Å². The summed E-state index contributed by atoms with van der Waals surface area (Å²) in [4.78, 5) is 4.34. The Kier molecular flexibility index (Phi) is 12.0. The van der Waals surface area contributed by atoms with Crippen molar-refractivity contribution in [3.63, 3.8) is 0 Å². The summed E-state index contributed by atoms with van der Waals surface area (Å²) < 4.78 is 6.22. The van der Waals surface area contributed by atoms with Crippen molar-refractivity contribution < 1.29 is 4.74 Å². The molecule has 146 valence electrons. The summed E-state index contributed by atoms with van der Waals surface area (Å²) in [6, 6.07) is 16.4. The molecule has 0 aliphatic rings. The maximum absolute atomic E-state index is 6.26. The van der Waals surface area contributed by atoms with Crippen molar-refractivity contribution in [1.82, 2.24) is 9.80 Å². The molecule has 0 aromatic heterocycles. The highest BCUT2D eigenvalue weighted by Gasteiger charge is 2.15. The lowest BCUT2D eigenvalue weighted by atomic mass is 10.2. The highest BCUT2D eigenvalue weighted by Crippen LogP contribution is 2.24. The van der Waals surface area contributed by atoms with Crippen molar-refractivity contribution in [1.29, 1.82) is 0 Å². The molecule has 0 spiro atoms. The quantitative estimate of drug-likeness (QED) is 0.526. The Morgan fingerprint density at radius 1 is 0.923 bits per heavy atom. The first kappa shape index (κ1) is 25.0. The summed E-state index contributed by atoms with van der Waals surface area (Å²) in [6.45, 7) is 3.83. The number of nitrogens with zero attached hydrogens (tertiary/aromatic N) is 2. The van der Waals surface area contributed by atoms with Gasteiger partial charge in [0.1, 0.15) is 5.75 Å². The second kappa shape index (κ2) is 12.4. The summed E-state index contributed by atoms with van der Waals surface area (Å²) in [5.74, 6) is 0.825. The molecule has 26 heavy (non-hydrogen) atoms.